The summed E-state index contributed by atoms with van der Waals surface area (Å²) in [5, 5.41) is 0. The number of ether oxygens (including phenoxy) is 2. The topological polar surface area (TPSA) is 18.5 Å². The minimum atomic E-state index is -0.181. The predicted molar refractivity (Wildman–Crippen MR) is 132 cm³/mol. The molecule has 0 N–H and O–H groups in total. The molecule has 0 aliphatic heterocycles. The SMILES string of the molecule is CC#CC(C)(C)CO/C(C)=C/C=C(\C)C1(c2ccc(OC(C)(C)C)cc2)CCCCC1. The van der Waals surface area contributed by atoms with E-state index in [2.05, 4.69) is 89.8 Å². The van der Waals surface area contributed by atoms with Crippen molar-refractivity contribution in [3.63, 3.8) is 0 Å². The highest BCUT2D eigenvalue weighted by Crippen LogP contribution is 2.45. The van der Waals surface area contributed by atoms with Gasteiger partial charge in [0.15, 0.2) is 0 Å². The van der Waals surface area contributed by atoms with Gasteiger partial charge in [-0.15, -0.1) is 5.92 Å². The van der Waals surface area contributed by atoms with Crippen LogP contribution in [0.2, 0.25) is 0 Å². The number of rotatable bonds is 7. The lowest BCUT2D eigenvalue weighted by atomic mass is 9.65. The van der Waals surface area contributed by atoms with Gasteiger partial charge in [0, 0.05) is 5.41 Å². The quantitative estimate of drug-likeness (QED) is 0.252. The molecule has 0 saturated heterocycles. The van der Waals surface area contributed by atoms with Crippen molar-refractivity contribution >= 4 is 0 Å². The van der Waals surface area contributed by atoms with Gasteiger partial charge < -0.3 is 9.47 Å². The molecule has 1 aliphatic carbocycles. The molecule has 1 aromatic carbocycles. The molecule has 0 amide bonds. The summed E-state index contributed by atoms with van der Waals surface area (Å²) in [4.78, 5) is 0. The molecule has 0 spiro atoms. The average molecular weight is 423 g/mol. The van der Waals surface area contributed by atoms with E-state index >= 15 is 0 Å². The summed E-state index contributed by atoms with van der Waals surface area (Å²) >= 11 is 0. The molecule has 2 heteroatoms. The van der Waals surface area contributed by atoms with Crippen molar-refractivity contribution in [2.75, 3.05) is 6.61 Å². The van der Waals surface area contributed by atoms with E-state index in [4.69, 9.17) is 9.47 Å². The van der Waals surface area contributed by atoms with Gasteiger partial charge in [0.25, 0.3) is 0 Å². The Kier molecular flexibility index (Phi) is 8.47. The van der Waals surface area contributed by atoms with Crippen LogP contribution in [0.1, 0.15) is 93.1 Å². The summed E-state index contributed by atoms with van der Waals surface area (Å²) in [6.07, 6.45) is 10.6. The van der Waals surface area contributed by atoms with Crippen molar-refractivity contribution in [1.29, 1.82) is 0 Å². The lowest BCUT2D eigenvalue weighted by Crippen LogP contribution is -2.30. The van der Waals surface area contributed by atoms with Gasteiger partial charge in [0.05, 0.1) is 11.2 Å². The Balaban J connectivity index is 2.23. The molecular formula is C29H42O2. The molecule has 1 aliphatic rings. The maximum atomic E-state index is 6.04. The van der Waals surface area contributed by atoms with Gasteiger partial charge in [-0.25, -0.2) is 0 Å². The van der Waals surface area contributed by atoms with Crippen molar-refractivity contribution in [1.82, 2.24) is 0 Å². The molecule has 2 rings (SSSR count). The van der Waals surface area contributed by atoms with Gasteiger partial charge in [-0.3, -0.25) is 0 Å². The second kappa shape index (κ2) is 10.4. The molecule has 170 valence electrons. The van der Waals surface area contributed by atoms with E-state index in [9.17, 15) is 0 Å². The molecule has 1 saturated carbocycles. The van der Waals surface area contributed by atoms with E-state index in [1.54, 1.807) is 0 Å². The fourth-order valence-corrected chi connectivity index (χ4v) is 4.38. The Morgan fingerprint density at radius 1 is 0.968 bits per heavy atom. The molecule has 0 heterocycles. The van der Waals surface area contributed by atoms with Crippen LogP contribution in [0.15, 0.2) is 47.7 Å². The van der Waals surface area contributed by atoms with Crippen LogP contribution in [0, 0.1) is 17.3 Å². The molecule has 1 fully saturated rings. The number of benzene rings is 1. The molecule has 0 unspecified atom stereocenters. The number of allylic oxidation sites excluding steroid dienone is 4. The highest BCUT2D eigenvalue weighted by Gasteiger charge is 2.35. The van der Waals surface area contributed by atoms with Gasteiger partial charge in [-0.1, -0.05) is 49.0 Å². The molecule has 0 aromatic heterocycles. The van der Waals surface area contributed by atoms with Crippen molar-refractivity contribution in [2.24, 2.45) is 5.41 Å². The molecule has 31 heavy (non-hydrogen) atoms. The summed E-state index contributed by atoms with van der Waals surface area (Å²) in [5.41, 5.74) is 2.59. The Hall–Kier alpha value is -2.14. The van der Waals surface area contributed by atoms with Gasteiger partial charge >= 0.3 is 0 Å². The molecule has 0 bridgehead atoms. The smallest absolute Gasteiger partial charge is 0.120 e. The zero-order chi connectivity index (χ0) is 23.1. The zero-order valence-corrected chi connectivity index (χ0v) is 21.0. The number of hydrogen-bond acceptors (Lipinski definition) is 2. The lowest BCUT2D eigenvalue weighted by molar-refractivity contribution is 0.131. The Morgan fingerprint density at radius 3 is 2.13 bits per heavy atom. The lowest BCUT2D eigenvalue weighted by Gasteiger charge is -2.39. The predicted octanol–water partition coefficient (Wildman–Crippen LogP) is 7.98. The van der Waals surface area contributed by atoms with Crippen molar-refractivity contribution in [2.45, 2.75) is 98.5 Å². The first-order chi connectivity index (χ1) is 14.5. The van der Waals surface area contributed by atoms with Crippen LogP contribution in [-0.2, 0) is 10.2 Å². The molecule has 0 atom stereocenters. The first-order valence-corrected chi connectivity index (χ1v) is 11.7. The van der Waals surface area contributed by atoms with E-state index in [1.165, 1.54) is 43.2 Å². The van der Waals surface area contributed by atoms with Crippen LogP contribution in [0.3, 0.4) is 0 Å². The largest absolute Gasteiger partial charge is 0.497 e. The van der Waals surface area contributed by atoms with Gasteiger partial charge in [-0.2, -0.15) is 0 Å². The van der Waals surface area contributed by atoms with Crippen molar-refractivity contribution in [3.05, 3.63) is 53.3 Å². The summed E-state index contributed by atoms with van der Waals surface area (Å²) < 4.78 is 12.0. The first-order valence-electron chi connectivity index (χ1n) is 11.7. The van der Waals surface area contributed by atoms with E-state index in [-0.39, 0.29) is 16.4 Å². The van der Waals surface area contributed by atoms with Crippen LogP contribution >= 0.6 is 0 Å². The van der Waals surface area contributed by atoms with Crippen molar-refractivity contribution < 1.29 is 9.47 Å². The summed E-state index contributed by atoms with van der Waals surface area (Å²) in [6, 6.07) is 8.79. The highest BCUT2D eigenvalue weighted by molar-refractivity contribution is 5.40. The standard InChI is InChI=1S/C29H42O2/c1-9-19-28(7,8)22-30-24(3)14-13-23(2)29(20-11-10-12-21-29)25-15-17-26(18-16-25)31-27(4,5)6/h13-18H,10-12,20-22H2,1-8H3/b23-13+,24-14+. The van der Waals surface area contributed by atoms with Crippen LogP contribution < -0.4 is 4.74 Å². The Bertz CT molecular complexity index is 829. The summed E-state index contributed by atoms with van der Waals surface area (Å²) in [7, 11) is 0. The number of hydrogen-bond donors (Lipinski definition) is 0. The first kappa shape index (κ1) is 25.1. The van der Waals surface area contributed by atoms with Crippen LogP contribution in [-0.4, -0.2) is 12.2 Å². The monoisotopic (exact) mass is 422 g/mol. The van der Waals surface area contributed by atoms with E-state index in [0.29, 0.717) is 6.61 Å². The maximum Gasteiger partial charge on any atom is 0.120 e. The molecular weight excluding hydrogens is 380 g/mol. The van der Waals surface area contributed by atoms with Crippen molar-refractivity contribution in [3.8, 4) is 17.6 Å². The minimum absolute atomic E-state index is 0.0995. The van der Waals surface area contributed by atoms with E-state index < -0.39 is 0 Å². The zero-order valence-electron chi connectivity index (χ0n) is 21.0. The summed E-state index contributed by atoms with van der Waals surface area (Å²) in [5.74, 6) is 8.08. The minimum Gasteiger partial charge on any atom is -0.497 e. The third kappa shape index (κ3) is 7.49. The van der Waals surface area contributed by atoms with Crippen LogP contribution in [0.5, 0.6) is 5.75 Å². The van der Waals surface area contributed by atoms with Gasteiger partial charge in [0.2, 0.25) is 0 Å². The van der Waals surface area contributed by atoms with Crippen LogP contribution in [0.4, 0.5) is 0 Å². The maximum absolute atomic E-state index is 6.04. The Labute approximate surface area is 191 Å². The van der Waals surface area contributed by atoms with E-state index in [0.717, 1.165) is 11.5 Å². The normalized spacial score (nSPS) is 17.5. The van der Waals surface area contributed by atoms with Crippen LogP contribution in [0.25, 0.3) is 0 Å². The second-order valence-corrected chi connectivity index (χ2v) is 10.6. The fourth-order valence-electron chi connectivity index (χ4n) is 4.38. The third-order valence-corrected chi connectivity index (χ3v) is 5.99. The fraction of sp³-hybridized carbons (Fsp3) is 0.586. The van der Waals surface area contributed by atoms with Gasteiger partial charge in [-0.05, 0) is 92.0 Å². The summed E-state index contributed by atoms with van der Waals surface area (Å²) in [6.45, 7) is 17.3. The molecule has 1 aromatic rings. The molecule has 0 radical (unpaired) electrons. The second-order valence-electron chi connectivity index (χ2n) is 10.6. The Morgan fingerprint density at radius 2 is 1.58 bits per heavy atom. The molecule has 2 nitrogen and oxygen atoms in total. The third-order valence-electron chi connectivity index (χ3n) is 5.99. The highest BCUT2D eigenvalue weighted by atomic mass is 16.5. The van der Waals surface area contributed by atoms with Gasteiger partial charge in [0.1, 0.15) is 18.0 Å². The van der Waals surface area contributed by atoms with E-state index in [1.807, 2.05) is 13.8 Å². The average Bonchev–Trinajstić information content (AvgIpc) is 2.70.